The normalized spacial score (nSPS) is 25.1. The summed E-state index contributed by atoms with van der Waals surface area (Å²) in [5.41, 5.74) is 1.42. The third-order valence-corrected chi connectivity index (χ3v) is 5.21. The molecule has 4 heteroatoms. The number of hydrogen-bond donors (Lipinski definition) is 0. The summed E-state index contributed by atoms with van der Waals surface area (Å²) in [7, 11) is 0. The van der Waals surface area contributed by atoms with Gasteiger partial charge in [-0.05, 0) is 36.9 Å². The highest BCUT2D eigenvalue weighted by atomic mass is 15.3. The average molecular weight is 308 g/mol. The second-order valence-corrected chi connectivity index (χ2v) is 6.73. The standard InChI is InChI=1S/C19H24N4/c1-2-7-16(8-3-1)13-22-12-5-4-9-17-14-23(15-18(17)22)19-20-10-6-11-21-19/h1-3,6-8,10-11,17-18H,4-5,9,12-15H2/t17-,18+/m0/s1. The summed E-state index contributed by atoms with van der Waals surface area (Å²) in [6.07, 6.45) is 7.69. The van der Waals surface area contributed by atoms with Gasteiger partial charge in [0.1, 0.15) is 0 Å². The van der Waals surface area contributed by atoms with E-state index in [1.165, 1.54) is 31.4 Å². The molecule has 0 spiro atoms. The lowest BCUT2D eigenvalue weighted by Crippen LogP contribution is -2.39. The molecule has 2 saturated heterocycles. The van der Waals surface area contributed by atoms with E-state index in [1.807, 2.05) is 18.5 Å². The van der Waals surface area contributed by atoms with E-state index in [0.717, 1.165) is 31.5 Å². The van der Waals surface area contributed by atoms with E-state index in [0.29, 0.717) is 6.04 Å². The Hall–Kier alpha value is -1.94. The third kappa shape index (κ3) is 3.22. The first-order chi connectivity index (χ1) is 11.4. The summed E-state index contributed by atoms with van der Waals surface area (Å²) >= 11 is 0. The molecule has 23 heavy (non-hydrogen) atoms. The minimum atomic E-state index is 0.626. The van der Waals surface area contributed by atoms with Crippen LogP contribution in [0.25, 0.3) is 0 Å². The Kier molecular flexibility index (Phi) is 4.24. The van der Waals surface area contributed by atoms with Crippen LogP contribution in [-0.2, 0) is 6.54 Å². The fourth-order valence-corrected chi connectivity index (χ4v) is 4.07. The van der Waals surface area contributed by atoms with Crippen molar-refractivity contribution in [3.05, 3.63) is 54.4 Å². The maximum atomic E-state index is 4.45. The van der Waals surface area contributed by atoms with Crippen molar-refractivity contribution in [2.75, 3.05) is 24.5 Å². The van der Waals surface area contributed by atoms with Gasteiger partial charge in [0.15, 0.2) is 0 Å². The lowest BCUT2D eigenvalue weighted by Gasteiger charge is -2.30. The minimum absolute atomic E-state index is 0.626. The molecule has 3 heterocycles. The second kappa shape index (κ2) is 6.67. The Labute approximate surface area is 138 Å². The summed E-state index contributed by atoms with van der Waals surface area (Å²) in [6, 6.07) is 13.4. The molecule has 2 atom stereocenters. The first-order valence-electron chi connectivity index (χ1n) is 8.70. The molecule has 2 aliphatic heterocycles. The monoisotopic (exact) mass is 308 g/mol. The van der Waals surface area contributed by atoms with Crippen molar-refractivity contribution in [3.63, 3.8) is 0 Å². The molecule has 2 aliphatic rings. The molecule has 2 aromatic rings. The van der Waals surface area contributed by atoms with E-state index in [-0.39, 0.29) is 0 Å². The molecule has 2 fully saturated rings. The molecular weight excluding hydrogens is 284 g/mol. The Balaban J connectivity index is 1.52. The van der Waals surface area contributed by atoms with Crippen molar-refractivity contribution >= 4 is 5.95 Å². The van der Waals surface area contributed by atoms with Gasteiger partial charge in [0, 0.05) is 38.1 Å². The van der Waals surface area contributed by atoms with Crippen LogP contribution in [0.2, 0.25) is 0 Å². The van der Waals surface area contributed by atoms with Crippen molar-refractivity contribution in [3.8, 4) is 0 Å². The second-order valence-electron chi connectivity index (χ2n) is 6.73. The van der Waals surface area contributed by atoms with Crippen LogP contribution in [0.1, 0.15) is 24.8 Å². The Morgan fingerprint density at radius 2 is 1.78 bits per heavy atom. The third-order valence-electron chi connectivity index (χ3n) is 5.21. The molecule has 0 N–H and O–H groups in total. The van der Waals surface area contributed by atoms with Crippen LogP contribution in [0.4, 0.5) is 5.95 Å². The van der Waals surface area contributed by atoms with Crippen molar-refractivity contribution in [2.45, 2.75) is 31.8 Å². The van der Waals surface area contributed by atoms with Crippen LogP contribution in [0, 0.1) is 5.92 Å². The predicted molar refractivity (Wildman–Crippen MR) is 92.2 cm³/mol. The predicted octanol–water partition coefficient (Wildman–Crippen LogP) is 2.97. The van der Waals surface area contributed by atoms with Crippen LogP contribution in [0.5, 0.6) is 0 Å². The average Bonchev–Trinajstić information content (AvgIpc) is 2.95. The van der Waals surface area contributed by atoms with E-state index in [2.05, 4.69) is 50.1 Å². The molecule has 0 amide bonds. The van der Waals surface area contributed by atoms with Gasteiger partial charge in [-0.3, -0.25) is 4.90 Å². The first-order valence-corrected chi connectivity index (χ1v) is 8.70. The first kappa shape index (κ1) is 14.6. The molecule has 0 saturated carbocycles. The van der Waals surface area contributed by atoms with Crippen LogP contribution in [0.15, 0.2) is 48.8 Å². The number of likely N-dealkylation sites (tertiary alicyclic amines) is 1. The highest BCUT2D eigenvalue weighted by Gasteiger charge is 2.38. The van der Waals surface area contributed by atoms with Gasteiger partial charge in [-0.1, -0.05) is 36.8 Å². The van der Waals surface area contributed by atoms with Crippen LogP contribution in [0.3, 0.4) is 0 Å². The van der Waals surface area contributed by atoms with Gasteiger partial charge >= 0.3 is 0 Å². The summed E-state index contributed by atoms with van der Waals surface area (Å²) in [6.45, 7) is 4.42. The van der Waals surface area contributed by atoms with Gasteiger partial charge in [0.2, 0.25) is 5.95 Å². The molecule has 0 aliphatic carbocycles. The topological polar surface area (TPSA) is 32.3 Å². The molecule has 0 unspecified atom stereocenters. The van der Waals surface area contributed by atoms with Gasteiger partial charge in [0.25, 0.3) is 0 Å². The highest BCUT2D eigenvalue weighted by molar-refractivity contribution is 5.32. The zero-order valence-electron chi connectivity index (χ0n) is 13.5. The number of rotatable bonds is 3. The largest absolute Gasteiger partial charge is 0.339 e. The number of nitrogens with zero attached hydrogens (tertiary/aromatic N) is 4. The lowest BCUT2D eigenvalue weighted by atomic mass is 9.98. The van der Waals surface area contributed by atoms with Gasteiger partial charge in [-0.2, -0.15) is 0 Å². The van der Waals surface area contributed by atoms with Crippen molar-refractivity contribution in [1.82, 2.24) is 14.9 Å². The van der Waals surface area contributed by atoms with Gasteiger partial charge in [-0.15, -0.1) is 0 Å². The summed E-state index contributed by atoms with van der Waals surface area (Å²) in [5, 5.41) is 0. The fourth-order valence-electron chi connectivity index (χ4n) is 4.07. The number of aromatic nitrogens is 2. The van der Waals surface area contributed by atoms with Gasteiger partial charge in [0.05, 0.1) is 0 Å². The Morgan fingerprint density at radius 1 is 0.957 bits per heavy atom. The highest BCUT2D eigenvalue weighted by Crippen LogP contribution is 2.32. The summed E-state index contributed by atoms with van der Waals surface area (Å²) < 4.78 is 0. The number of fused-ring (bicyclic) bond motifs is 1. The van der Waals surface area contributed by atoms with E-state index >= 15 is 0 Å². The molecule has 1 aromatic carbocycles. The lowest BCUT2D eigenvalue weighted by molar-refractivity contribution is 0.179. The number of hydrogen-bond acceptors (Lipinski definition) is 4. The molecule has 0 radical (unpaired) electrons. The fraction of sp³-hybridized carbons (Fsp3) is 0.474. The molecule has 1 aromatic heterocycles. The van der Waals surface area contributed by atoms with E-state index < -0.39 is 0 Å². The van der Waals surface area contributed by atoms with Gasteiger partial charge in [-0.25, -0.2) is 9.97 Å². The zero-order valence-corrected chi connectivity index (χ0v) is 13.5. The molecule has 4 nitrogen and oxygen atoms in total. The Morgan fingerprint density at radius 3 is 2.61 bits per heavy atom. The van der Waals surface area contributed by atoms with Gasteiger partial charge < -0.3 is 4.90 Å². The van der Waals surface area contributed by atoms with E-state index in [9.17, 15) is 0 Å². The molecular formula is C19H24N4. The van der Waals surface area contributed by atoms with Crippen molar-refractivity contribution in [1.29, 1.82) is 0 Å². The Bertz CT molecular complexity index is 616. The summed E-state index contributed by atoms with van der Waals surface area (Å²) in [4.78, 5) is 14.0. The maximum Gasteiger partial charge on any atom is 0.225 e. The minimum Gasteiger partial charge on any atom is -0.339 e. The maximum absolute atomic E-state index is 4.45. The van der Waals surface area contributed by atoms with Crippen LogP contribution >= 0.6 is 0 Å². The molecule has 120 valence electrons. The van der Waals surface area contributed by atoms with Crippen molar-refractivity contribution in [2.24, 2.45) is 5.92 Å². The zero-order chi connectivity index (χ0) is 15.5. The van der Waals surface area contributed by atoms with E-state index in [4.69, 9.17) is 0 Å². The van der Waals surface area contributed by atoms with Crippen LogP contribution in [-0.4, -0.2) is 40.5 Å². The van der Waals surface area contributed by atoms with Crippen LogP contribution < -0.4 is 4.90 Å². The summed E-state index contributed by atoms with van der Waals surface area (Å²) in [5.74, 6) is 1.63. The number of benzene rings is 1. The quantitative estimate of drug-likeness (QED) is 0.872. The molecule has 0 bridgehead atoms. The molecule has 4 rings (SSSR count). The number of anilines is 1. The SMILES string of the molecule is c1ccc(CN2CCCC[C@H]3CN(c4ncccn4)C[C@H]32)cc1. The smallest absolute Gasteiger partial charge is 0.225 e. The van der Waals surface area contributed by atoms with E-state index in [1.54, 1.807) is 0 Å². The van der Waals surface area contributed by atoms with Crippen molar-refractivity contribution < 1.29 is 0 Å².